The van der Waals surface area contributed by atoms with Gasteiger partial charge in [0.15, 0.2) is 0 Å². The van der Waals surface area contributed by atoms with Crippen LogP contribution < -0.4 is 0 Å². The summed E-state index contributed by atoms with van der Waals surface area (Å²) in [6.45, 7) is 54.7. The van der Waals surface area contributed by atoms with Crippen molar-refractivity contribution in [1.29, 1.82) is 0 Å². The molecule has 0 N–H and O–H groups in total. The minimum Gasteiger partial charge on any atom is -0.0683 e. The maximum atomic E-state index is 2.38. The third-order valence-corrected chi connectivity index (χ3v) is 9.91. The summed E-state index contributed by atoms with van der Waals surface area (Å²) in [6.07, 6.45) is 19.0. The van der Waals surface area contributed by atoms with Crippen molar-refractivity contribution >= 4 is 0 Å². The predicted octanol–water partition coefficient (Wildman–Crippen LogP) is 18.1. The van der Waals surface area contributed by atoms with Crippen LogP contribution in [0.2, 0.25) is 0 Å². The molecule has 300 valence electrons. The second-order valence-electron chi connectivity index (χ2n) is 23.4. The van der Waals surface area contributed by atoms with Crippen LogP contribution in [0.5, 0.6) is 0 Å². The first kappa shape index (κ1) is 53.4. The summed E-state index contributed by atoms with van der Waals surface area (Å²) in [7, 11) is 0. The SMILES string of the molecule is CC.CC.CC.CC(C)(C)CC1CC(CC(C)(C)C)C1.CC(C)(C)CC1CCC(CC(C)(C)C)C1.CC(C)(C)CC1CCC1CC(C)(C)C. The molecule has 0 aromatic heterocycles. The van der Waals surface area contributed by atoms with Gasteiger partial charge in [0.1, 0.15) is 0 Å². The van der Waals surface area contributed by atoms with E-state index in [1.165, 1.54) is 83.5 Å². The van der Waals surface area contributed by atoms with Crippen LogP contribution in [0.4, 0.5) is 0 Å². The lowest BCUT2D eigenvalue weighted by Gasteiger charge is -2.43. The Kier molecular flexibility index (Phi) is 25.7. The Morgan fingerprint density at radius 2 is 0.449 bits per heavy atom. The van der Waals surface area contributed by atoms with Gasteiger partial charge in [-0.15, -0.1) is 0 Å². The fraction of sp³-hybridized carbons (Fsp3) is 1.00. The summed E-state index contributed by atoms with van der Waals surface area (Å²) in [5.74, 6) is 6.13. The van der Waals surface area contributed by atoms with Gasteiger partial charge in [0.2, 0.25) is 0 Å². The van der Waals surface area contributed by atoms with Crippen LogP contribution in [0.3, 0.4) is 0 Å². The summed E-state index contributed by atoms with van der Waals surface area (Å²) >= 11 is 0. The summed E-state index contributed by atoms with van der Waals surface area (Å²) in [5, 5.41) is 0. The van der Waals surface area contributed by atoms with Gasteiger partial charge >= 0.3 is 0 Å². The summed E-state index contributed by atoms with van der Waals surface area (Å²) in [5.41, 5.74) is 3.19. The second-order valence-corrected chi connectivity index (χ2v) is 23.4. The Bertz CT molecular complexity index is 686. The Hall–Kier alpha value is 0. The summed E-state index contributed by atoms with van der Waals surface area (Å²) < 4.78 is 0. The second kappa shape index (κ2) is 23.6. The molecule has 0 aromatic carbocycles. The number of hydrogen-bond acceptors (Lipinski definition) is 0. The fourth-order valence-electron chi connectivity index (χ4n) is 8.97. The minimum atomic E-state index is 0.529. The minimum absolute atomic E-state index is 0.529. The molecule has 0 spiro atoms. The molecule has 3 saturated carbocycles. The van der Waals surface area contributed by atoms with Crippen LogP contribution in [-0.4, -0.2) is 0 Å². The predicted molar refractivity (Wildman–Crippen MR) is 232 cm³/mol. The zero-order chi connectivity index (χ0) is 39.7. The van der Waals surface area contributed by atoms with E-state index in [2.05, 4.69) is 125 Å². The van der Waals surface area contributed by atoms with E-state index in [0.29, 0.717) is 32.5 Å². The molecule has 3 aliphatic rings. The van der Waals surface area contributed by atoms with Crippen LogP contribution in [0, 0.1) is 68.0 Å². The van der Waals surface area contributed by atoms with E-state index >= 15 is 0 Å². The molecule has 0 heteroatoms. The molecule has 0 heterocycles. The molecule has 0 radical (unpaired) electrons. The monoisotopic (exact) mass is 693 g/mol. The average molecular weight is 693 g/mol. The molecular formula is C49H104. The lowest BCUT2D eigenvalue weighted by Crippen LogP contribution is -2.32. The van der Waals surface area contributed by atoms with Gasteiger partial charge in [0, 0.05) is 0 Å². The summed E-state index contributed by atoms with van der Waals surface area (Å²) in [6, 6.07) is 0. The lowest BCUT2D eigenvalue weighted by molar-refractivity contribution is 0.0793. The van der Waals surface area contributed by atoms with E-state index in [1.807, 2.05) is 41.5 Å². The maximum Gasteiger partial charge on any atom is -0.0380 e. The molecule has 3 aliphatic carbocycles. The molecule has 0 aliphatic heterocycles. The van der Waals surface area contributed by atoms with Gasteiger partial charge in [-0.25, -0.2) is 0 Å². The number of hydrogen-bond donors (Lipinski definition) is 0. The van der Waals surface area contributed by atoms with E-state index < -0.39 is 0 Å². The topological polar surface area (TPSA) is 0 Å². The van der Waals surface area contributed by atoms with Gasteiger partial charge in [0.05, 0.1) is 0 Å². The zero-order valence-electron chi connectivity index (χ0n) is 39.7. The Labute approximate surface area is 316 Å². The van der Waals surface area contributed by atoms with E-state index in [4.69, 9.17) is 0 Å². The first-order valence-corrected chi connectivity index (χ1v) is 22.0. The molecule has 3 fully saturated rings. The zero-order valence-corrected chi connectivity index (χ0v) is 39.7. The third kappa shape index (κ3) is 32.4. The van der Waals surface area contributed by atoms with Crippen molar-refractivity contribution in [3.63, 3.8) is 0 Å². The van der Waals surface area contributed by atoms with Crippen molar-refractivity contribution in [2.45, 2.75) is 250 Å². The van der Waals surface area contributed by atoms with Crippen LogP contribution in [0.25, 0.3) is 0 Å². The van der Waals surface area contributed by atoms with Gasteiger partial charge in [-0.1, -0.05) is 179 Å². The maximum absolute atomic E-state index is 2.38. The molecule has 0 aromatic rings. The molecule has 4 unspecified atom stereocenters. The Morgan fingerprint density at radius 1 is 0.265 bits per heavy atom. The van der Waals surface area contributed by atoms with Crippen LogP contribution in [0.1, 0.15) is 250 Å². The van der Waals surface area contributed by atoms with Crippen LogP contribution in [0.15, 0.2) is 0 Å². The lowest BCUT2D eigenvalue weighted by atomic mass is 9.63. The van der Waals surface area contributed by atoms with E-state index in [0.717, 1.165) is 35.5 Å². The molecule has 49 heavy (non-hydrogen) atoms. The Balaban J connectivity index is -0.000000600. The van der Waals surface area contributed by atoms with Gasteiger partial charge in [-0.2, -0.15) is 0 Å². The smallest absolute Gasteiger partial charge is 0.0380 e. The highest BCUT2D eigenvalue weighted by molar-refractivity contribution is 4.87. The normalized spacial score (nSPS) is 25.5. The largest absolute Gasteiger partial charge is 0.0683 e. The highest BCUT2D eigenvalue weighted by Crippen LogP contribution is 2.47. The molecule has 0 saturated heterocycles. The van der Waals surface area contributed by atoms with E-state index in [9.17, 15) is 0 Å². The summed E-state index contributed by atoms with van der Waals surface area (Å²) in [4.78, 5) is 0. The van der Waals surface area contributed by atoms with Crippen molar-refractivity contribution in [3.05, 3.63) is 0 Å². The molecule has 3 rings (SSSR count). The van der Waals surface area contributed by atoms with Crippen LogP contribution >= 0.6 is 0 Å². The third-order valence-electron chi connectivity index (χ3n) is 9.91. The van der Waals surface area contributed by atoms with Crippen LogP contribution in [-0.2, 0) is 0 Å². The van der Waals surface area contributed by atoms with Crippen molar-refractivity contribution in [3.8, 4) is 0 Å². The molecular weight excluding hydrogens is 589 g/mol. The number of rotatable bonds is 6. The quantitative estimate of drug-likeness (QED) is 0.260. The van der Waals surface area contributed by atoms with E-state index in [1.54, 1.807) is 0 Å². The average Bonchev–Trinajstić information content (AvgIpc) is 3.29. The van der Waals surface area contributed by atoms with Gasteiger partial charge < -0.3 is 0 Å². The molecule has 0 amide bonds. The standard InChI is InChI=1S/C15H30.2C14H28.3C2H6/c1-14(2,3)10-12-7-8-13(9-12)11-15(4,5)6;1-13(2,3)9-11-7-12(8-11)10-14(4,5)6;1-13(2,3)9-11-7-8-12(11)10-14(4,5)6;3*1-2/h12-13H,7-11H2,1-6H3;2*11-12H,7-10H2,1-6H3;3*1-2H3. The highest BCUT2D eigenvalue weighted by Gasteiger charge is 2.36. The van der Waals surface area contributed by atoms with Crippen molar-refractivity contribution < 1.29 is 0 Å². The fourth-order valence-corrected chi connectivity index (χ4v) is 8.97. The van der Waals surface area contributed by atoms with Gasteiger partial charge in [-0.05, 0) is 139 Å². The first-order chi connectivity index (χ1) is 22.0. The molecule has 4 atom stereocenters. The first-order valence-electron chi connectivity index (χ1n) is 22.0. The highest BCUT2D eigenvalue weighted by atomic mass is 14.4. The van der Waals surface area contributed by atoms with Crippen molar-refractivity contribution in [2.75, 3.05) is 0 Å². The van der Waals surface area contributed by atoms with Crippen molar-refractivity contribution in [2.24, 2.45) is 68.0 Å². The van der Waals surface area contributed by atoms with E-state index in [-0.39, 0.29) is 0 Å². The molecule has 0 bridgehead atoms. The van der Waals surface area contributed by atoms with Gasteiger partial charge in [0.25, 0.3) is 0 Å². The molecule has 0 nitrogen and oxygen atoms in total. The Morgan fingerprint density at radius 3 is 0.633 bits per heavy atom. The van der Waals surface area contributed by atoms with Crippen molar-refractivity contribution in [1.82, 2.24) is 0 Å². The van der Waals surface area contributed by atoms with Gasteiger partial charge in [-0.3, -0.25) is 0 Å².